The Labute approximate surface area is 137 Å². The molecule has 1 aromatic rings. The Morgan fingerprint density at radius 2 is 1.59 bits per heavy atom. The van der Waals surface area contributed by atoms with E-state index in [-0.39, 0.29) is 0 Å². The largest absolute Gasteiger partial charge is 0.306 e. The molecule has 0 saturated carbocycles. The fourth-order valence-corrected chi connectivity index (χ4v) is 3.61. The second-order valence-corrected chi connectivity index (χ2v) is 7.11. The number of rotatable bonds is 3. The number of nitrogens with zero attached hydrogens (tertiary/aromatic N) is 2. The highest BCUT2D eigenvalue weighted by molar-refractivity contribution is 5.21. The van der Waals surface area contributed by atoms with Gasteiger partial charge in [-0.1, -0.05) is 50.6 Å². The monoisotopic (exact) mass is 302 g/mol. The first-order valence-corrected chi connectivity index (χ1v) is 9.18. The number of piperidine rings is 1. The topological polar surface area (TPSA) is 6.48 Å². The standard InChI is InChI=1S/C17H26N2.C3H8/c1-18-10-7-15(8-11-18)13-19-12-9-17(14-19)16-5-3-2-4-6-16;1-3-2/h2-6,15,17H,7-14H2,1H3;3H2,1-2H3. The maximum atomic E-state index is 2.70. The number of benzene rings is 1. The highest BCUT2D eigenvalue weighted by atomic mass is 15.2. The Hall–Kier alpha value is -0.860. The molecular formula is C20H34N2. The zero-order valence-corrected chi connectivity index (χ0v) is 14.8. The summed E-state index contributed by atoms with van der Waals surface area (Å²) in [5, 5.41) is 0. The van der Waals surface area contributed by atoms with Gasteiger partial charge in [-0.25, -0.2) is 0 Å². The highest BCUT2D eigenvalue weighted by Gasteiger charge is 2.26. The molecule has 2 saturated heterocycles. The molecule has 2 aliphatic rings. The van der Waals surface area contributed by atoms with Crippen molar-refractivity contribution in [1.29, 1.82) is 0 Å². The molecule has 2 nitrogen and oxygen atoms in total. The molecule has 0 bridgehead atoms. The number of likely N-dealkylation sites (tertiary alicyclic amines) is 2. The molecule has 22 heavy (non-hydrogen) atoms. The molecule has 1 aromatic carbocycles. The van der Waals surface area contributed by atoms with Gasteiger partial charge in [0.05, 0.1) is 0 Å². The van der Waals surface area contributed by atoms with Gasteiger partial charge in [-0.2, -0.15) is 0 Å². The van der Waals surface area contributed by atoms with Gasteiger partial charge in [0, 0.05) is 13.1 Å². The second-order valence-electron chi connectivity index (χ2n) is 7.11. The van der Waals surface area contributed by atoms with Crippen molar-refractivity contribution in [3.63, 3.8) is 0 Å². The van der Waals surface area contributed by atoms with Gasteiger partial charge >= 0.3 is 0 Å². The molecule has 0 N–H and O–H groups in total. The molecule has 2 heteroatoms. The highest BCUT2D eigenvalue weighted by Crippen LogP contribution is 2.28. The van der Waals surface area contributed by atoms with Gasteiger partial charge in [0.15, 0.2) is 0 Å². The number of hydrogen-bond acceptors (Lipinski definition) is 2. The summed E-state index contributed by atoms with van der Waals surface area (Å²) in [4.78, 5) is 5.17. The molecule has 1 unspecified atom stereocenters. The first-order valence-electron chi connectivity index (χ1n) is 9.18. The summed E-state index contributed by atoms with van der Waals surface area (Å²) in [7, 11) is 2.25. The first kappa shape index (κ1) is 17.5. The Bertz CT molecular complexity index is 395. The third-order valence-corrected chi connectivity index (χ3v) is 4.90. The number of hydrogen-bond donors (Lipinski definition) is 0. The van der Waals surface area contributed by atoms with E-state index >= 15 is 0 Å². The van der Waals surface area contributed by atoms with Crippen LogP contribution in [0.2, 0.25) is 0 Å². The van der Waals surface area contributed by atoms with E-state index in [1.165, 1.54) is 64.0 Å². The summed E-state index contributed by atoms with van der Waals surface area (Å²) < 4.78 is 0. The van der Waals surface area contributed by atoms with Crippen LogP contribution in [0.15, 0.2) is 30.3 Å². The van der Waals surface area contributed by atoms with Crippen LogP contribution in [0.1, 0.15) is 51.0 Å². The second kappa shape index (κ2) is 9.32. The van der Waals surface area contributed by atoms with E-state index < -0.39 is 0 Å². The van der Waals surface area contributed by atoms with Crippen molar-refractivity contribution in [2.75, 3.05) is 39.8 Å². The summed E-state index contributed by atoms with van der Waals surface area (Å²) in [6.45, 7) is 10.7. The predicted molar refractivity (Wildman–Crippen MR) is 96.4 cm³/mol. The van der Waals surface area contributed by atoms with Crippen LogP contribution < -0.4 is 0 Å². The summed E-state index contributed by atoms with van der Waals surface area (Å²) in [5.41, 5.74) is 1.54. The van der Waals surface area contributed by atoms with Crippen LogP contribution in [-0.4, -0.2) is 49.6 Å². The van der Waals surface area contributed by atoms with E-state index in [9.17, 15) is 0 Å². The quantitative estimate of drug-likeness (QED) is 0.824. The van der Waals surface area contributed by atoms with E-state index in [0.717, 1.165) is 11.8 Å². The minimum Gasteiger partial charge on any atom is -0.306 e. The van der Waals surface area contributed by atoms with Gasteiger partial charge in [0.1, 0.15) is 0 Å². The molecule has 0 aromatic heterocycles. The smallest absolute Gasteiger partial charge is 0.00509 e. The summed E-state index contributed by atoms with van der Waals surface area (Å²) in [6.07, 6.45) is 5.38. The molecule has 2 heterocycles. The zero-order chi connectivity index (χ0) is 15.8. The van der Waals surface area contributed by atoms with Gasteiger partial charge in [0.2, 0.25) is 0 Å². The lowest BCUT2D eigenvalue weighted by atomic mass is 9.96. The Morgan fingerprint density at radius 3 is 2.23 bits per heavy atom. The lowest BCUT2D eigenvalue weighted by molar-refractivity contribution is 0.175. The molecule has 0 radical (unpaired) electrons. The molecule has 1 atom stereocenters. The summed E-state index contributed by atoms with van der Waals surface area (Å²) in [5.74, 6) is 1.71. The minimum atomic E-state index is 0.771. The molecule has 0 aliphatic carbocycles. The Kier molecular flexibility index (Phi) is 7.41. The molecule has 0 spiro atoms. The van der Waals surface area contributed by atoms with Crippen LogP contribution in [0.4, 0.5) is 0 Å². The van der Waals surface area contributed by atoms with Crippen LogP contribution in [0.3, 0.4) is 0 Å². The van der Waals surface area contributed by atoms with Gasteiger partial charge in [-0.15, -0.1) is 0 Å². The van der Waals surface area contributed by atoms with Crippen LogP contribution in [-0.2, 0) is 0 Å². The summed E-state index contributed by atoms with van der Waals surface area (Å²) in [6, 6.07) is 11.1. The third-order valence-electron chi connectivity index (χ3n) is 4.90. The van der Waals surface area contributed by atoms with Gasteiger partial charge in [0.25, 0.3) is 0 Å². The SMILES string of the molecule is CCC.CN1CCC(CN2CCC(c3ccccc3)C2)CC1. The zero-order valence-electron chi connectivity index (χ0n) is 14.8. The van der Waals surface area contributed by atoms with E-state index in [1.54, 1.807) is 0 Å². The Balaban J connectivity index is 0.000000545. The molecule has 124 valence electrons. The van der Waals surface area contributed by atoms with Crippen molar-refractivity contribution in [2.45, 2.75) is 45.4 Å². The third kappa shape index (κ3) is 5.40. The fraction of sp³-hybridized carbons (Fsp3) is 0.700. The lowest BCUT2D eigenvalue weighted by Crippen LogP contribution is -2.36. The Morgan fingerprint density at radius 1 is 0.955 bits per heavy atom. The van der Waals surface area contributed by atoms with Gasteiger partial charge < -0.3 is 9.80 Å². The van der Waals surface area contributed by atoms with E-state index in [1.807, 2.05) is 0 Å². The van der Waals surface area contributed by atoms with Gasteiger partial charge in [-0.05, 0) is 63.3 Å². The predicted octanol–water partition coefficient (Wildman–Crippen LogP) is 4.23. The average molecular weight is 303 g/mol. The molecule has 2 aliphatic heterocycles. The van der Waals surface area contributed by atoms with E-state index in [0.29, 0.717) is 0 Å². The van der Waals surface area contributed by atoms with Crippen molar-refractivity contribution in [3.05, 3.63) is 35.9 Å². The van der Waals surface area contributed by atoms with Crippen LogP contribution in [0, 0.1) is 5.92 Å². The average Bonchev–Trinajstić information content (AvgIpc) is 3.00. The van der Waals surface area contributed by atoms with Gasteiger partial charge in [-0.3, -0.25) is 0 Å². The lowest BCUT2D eigenvalue weighted by Gasteiger charge is -2.31. The molecule has 0 amide bonds. The van der Waals surface area contributed by atoms with Crippen molar-refractivity contribution in [1.82, 2.24) is 9.80 Å². The van der Waals surface area contributed by atoms with Crippen molar-refractivity contribution in [2.24, 2.45) is 5.92 Å². The van der Waals surface area contributed by atoms with Crippen LogP contribution in [0.25, 0.3) is 0 Å². The molecule has 3 rings (SSSR count). The normalized spacial score (nSPS) is 24.0. The van der Waals surface area contributed by atoms with Crippen molar-refractivity contribution in [3.8, 4) is 0 Å². The minimum absolute atomic E-state index is 0.771. The van der Waals surface area contributed by atoms with E-state index in [2.05, 4.69) is 61.0 Å². The van der Waals surface area contributed by atoms with E-state index in [4.69, 9.17) is 0 Å². The van der Waals surface area contributed by atoms with Crippen LogP contribution in [0.5, 0.6) is 0 Å². The van der Waals surface area contributed by atoms with Crippen molar-refractivity contribution >= 4 is 0 Å². The first-order chi connectivity index (χ1) is 10.7. The fourth-order valence-electron chi connectivity index (χ4n) is 3.61. The molecular weight excluding hydrogens is 268 g/mol. The molecule has 2 fully saturated rings. The maximum Gasteiger partial charge on any atom is 0.00509 e. The summed E-state index contributed by atoms with van der Waals surface area (Å²) >= 11 is 0. The van der Waals surface area contributed by atoms with Crippen LogP contribution >= 0.6 is 0 Å². The maximum absolute atomic E-state index is 2.70. The van der Waals surface area contributed by atoms with Crippen molar-refractivity contribution < 1.29 is 0 Å².